The number of phenolic OH excluding ortho intramolecular Hbond substituents is 2. The van der Waals surface area contributed by atoms with Crippen LogP contribution in [0, 0.1) is 0 Å². The number of carbonyl (C=O) groups is 2. The minimum absolute atomic E-state index is 0.136. The van der Waals surface area contributed by atoms with E-state index in [4.69, 9.17) is 16.3 Å². The van der Waals surface area contributed by atoms with Crippen LogP contribution in [0.4, 0.5) is 0 Å². The summed E-state index contributed by atoms with van der Waals surface area (Å²) < 4.78 is 4.85. The maximum Gasteiger partial charge on any atom is 0.342 e. The van der Waals surface area contributed by atoms with Crippen LogP contribution in [0.2, 0.25) is 5.02 Å². The van der Waals surface area contributed by atoms with E-state index in [0.29, 0.717) is 5.02 Å². The summed E-state index contributed by atoms with van der Waals surface area (Å²) in [5, 5.41) is 22.0. The van der Waals surface area contributed by atoms with Crippen molar-refractivity contribution in [2.45, 2.75) is 13.0 Å². The Hall–Kier alpha value is -2.73. The van der Waals surface area contributed by atoms with Crippen molar-refractivity contribution in [1.82, 2.24) is 5.32 Å². The molecule has 1 amide bonds. The Morgan fingerprint density at radius 2 is 1.96 bits per heavy atom. The Morgan fingerprint density at radius 1 is 1.21 bits per heavy atom. The van der Waals surface area contributed by atoms with Gasteiger partial charge in [-0.2, -0.15) is 0 Å². The molecule has 3 N–H and O–H groups in total. The van der Waals surface area contributed by atoms with E-state index in [0.717, 1.165) is 11.6 Å². The Morgan fingerprint density at radius 3 is 2.62 bits per heavy atom. The molecule has 0 heterocycles. The maximum absolute atomic E-state index is 11.9. The van der Waals surface area contributed by atoms with E-state index < -0.39 is 24.2 Å². The third-order valence-electron chi connectivity index (χ3n) is 3.26. The first-order valence-electron chi connectivity index (χ1n) is 7.10. The topological polar surface area (TPSA) is 95.9 Å². The number of rotatable bonds is 5. The molecular weight excluding hydrogens is 334 g/mol. The predicted octanol–water partition coefficient (Wildman–Crippen LogP) is 2.79. The third-order valence-corrected chi connectivity index (χ3v) is 3.50. The number of nitrogens with one attached hydrogen (secondary N) is 1. The van der Waals surface area contributed by atoms with Crippen molar-refractivity contribution in [1.29, 1.82) is 0 Å². The Balaban J connectivity index is 1.89. The van der Waals surface area contributed by atoms with Gasteiger partial charge in [-0.15, -0.1) is 0 Å². The first-order chi connectivity index (χ1) is 11.4. The summed E-state index contributed by atoms with van der Waals surface area (Å²) in [5.74, 6) is -1.96. The lowest BCUT2D eigenvalue weighted by atomic mass is 10.1. The van der Waals surface area contributed by atoms with Gasteiger partial charge in [0.05, 0.1) is 6.04 Å². The molecule has 0 radical (unpaired) electrons. The number of carbonyl (C=O) groups excluding carboxylic acids is 2. The molecule has 0 aromatic heterocycles. The van der Waals surface area contributed by atoms with Crippen LogP contribution in [0.5, 0.6) is 11.5 Å². The summed E-state index contributed by atoms with van der Waals surface area (Å²) in [6.45, 7) is 1.28. The molecule has 0 spiro atoms. The summed E-state index contributed by atoms with van der Waals surface area (Å²) in [6, 6.07) is 10.2. The van der Waals surface area contributed by atoms with Crippen LogP contribution in [0.1, 0.15) is 28.9 Å². The van der Waals surface area contributed by atoms with Crippen LogP contribution in [-0.2, 0) is 9.53 Å². The van der Waals surface area contributed by atoms with Crippen LogP contribution >= 0.6 is 11.6 Å². The number of halogens is 1. The first kappa shape index (κ1) is 17.6. The van der Waals surface area contributed by atoms with Gasteiger partial charge in [-0.05, 0) is 36.8 Å². The molecule has 2 aromatic carbocycles. The van der Waals surface area contributed by atoms with Crippen molar-refractivity contribution < 1.29 is 24.5 Å². The zero-order valence-electron chi connectivity index (χ0n) is 12.8. The van der Waals surface area contributed by atoms with Crippen molar-refractivity contribution in [3.63, 3.8) is 0 Å². The van der Waals surface area contributed by atoms with E-state index in [9.17, 15) is 19.8 Å². The minimum atomic E-state index is -0.863. The molecule has 0 saturated heterocycles. The molecule has 24 heavy (non-hydrogen) atoms. The number of phenols is 2. The van der Waals surface area contributed by atoms with E-state index in [-0.39, 0.29) is 17.4 Å². The molecule has 2 aromatic rings. The largest absolute Gasteiger partial charge is 0.508 e. The highest BCUT2D eigenvalue weighted by Crippen LogP contribution is 2.23. The summed E-state index contributed by atoms with van der Waals surface area (Å²) in [4.78, 5) is 23.7. The molecule has 0 fully saturated rings. The molecule has 6 nitrogen and oxygen atoms in total. The lowest BCUT2D eigenvalue weighted by Crippen LogP contribution is -2.31. The van der Waals surface area contributed by atoms with E-state index in [2.05, 4.69) is 5.32 Å². The van der Waals surface area contributed by atoms with Crippen LogP contribution in [0.3, 0.4) is 0 Å². The number of amides is 1. The Kier molecular flexibility index (Phi) is 5.65. The van der Waals surface area contributed by atoms with Gasteiger partial charge in [-0.25, -0.2) is 4.79 Å². The van der Waals surface area contributed by atoms with Gasteiger partial charge in [-0.3, -0.25) is 4.79 Å². The molecule has 0 bridgehead atoms. The fourth-order valence-electron chi connectivity index (χ4n) is 2.04. The smallest absolute Gasteiger partial charge is 0.342 e. The molecule has 0 saturated carbocycles. The highest BCUT2D eigenvalue weighted by Gasteiger charge is 2.16. The van der Waals surface area contributed by atoms with E-state index >= 15 is 0 Å². The van der Waals surface area contributed by atoms with Crippen molar-refractivity contribution in [2.75, 3.05) is 6.61 Å². The average molecular weight is 350 g/mol. The average Bonchev–Trinajstić information content (AvgIpc) is 2.52. The number of ether oxygens (including phenoxy) is 1. The van der Waals surface area contributed by atoms with Gasteiger partial charge in [0, 0.05) is 11.1 Å². The van der Waals surface area contributed by atoms with Gasteiger partial charge in [0.2, 0.25) is 0 Å². The van der Waals surface area contributed by atoms with Crippen molar-refractivity contribution in [3.05, 3.63) is 58.6 Å². The molecule has 7 heteroatoms. The summed E-state index contributed by atoms with van der Waals surface area (Å²) in [7, 11) is 0. The summed E-state index contributed by atoms with van der Waals surface area (Å²) in [6.07, 6.45) is 0. The normalized spacial score (nSPS) is 11.6. The molecule has 0 aliphatic carbocycles. The van der Waals surface area contributed by atoms with Crippen molar-refractivity contribution >= 4 is 23.5 Å². The lowest BCUT2D eigenvalue weighted by Gasteiger charge is -2.14. The zero-order chi connectivity index (χ0) is 17.7. The molecule has 0 aliphatic rings. The van der Waals surface area contributed by atoms with Crippen LogP contribution in [0.25, 0.3) is 0 Å². The predicted molar refractivity (Wildman–Crippen MR) is 88.1 cm³/mol. The second kappa shape index (κ2) is 7.70. The Labute approximate surface area is 143 Å². The second-order valence-corrected chi connectivity index (χ2v) is 5.56. The maximum atomic E-state index is 11.9. The number of hydrogen-bond donors (Lipinski definition) is 3. The molecule has 0 aliphatic heterocycles. The van der Waals surface area contributed by atoms with Crippen molar-refractivity contribution in [3.8, 4) is 11.5 Å². The van der Waals surface area contributed by atoms with Crippen LogP contribution in [0.15, 0.2) is 42.5 Å². The van der Waals surface area contributed by atoms with Crippen LogP contribution < -0.4 is 5.32 Å². The van der Waals surface area contributed by atoms with Gasteiger partial charge < -0.3 is 20.3 Å². The second-order valence-electron chi connectivity index (χ2n) is 5.12. The van der Waals surface area contributed by atoms with Gasteiger partial charge in [-0.1, -0.05) is 23.7 Å². The summed E-state index contributed by atoms with van der Waals surface area (Å²) >= 11 is 5.90. The monoisotopic (exact) mass is 349 g/mol. The van der Waals surface area contributed by atoms with E-state index in [1.807, 2.05) is 6.07 Å². The number of hydrogen-bond acceptors (Lipinski definition) is 5. The van der Waals surface area contributed by atoms with Crippen LogP contribution in [-0.4, -0.2) is 28.7 Å². The quantitative estimate of drug-likeness (QED) is 0.721. The third kappa shape index (κ3) is 4.63. The van der Waals surface area contributed by atoms with Crippen molar-refractivity contribution in [2.24, 2.45) is 0 Å². The first-order valence-corrected chi connectivity index (χ1v) is 7.48. The van der Waals surface area contributed by atoms with E-state index in [1.165, 1.54) is 12.1 Å². The molecule has 2 rings (SSSR count). The van der Waals surface area contributed by atoms with Gasteiger partial charge in [0.25, 0.3) is 5.91 Å². The van der Waals surface area contributed by atoms with E-state index in [1.54, 1.807) is 25.1 Å². The minimum Gasteiger partial charge on any atom is -0.508 e. The highest BCUT2D eigenvalue weighted by molar-refractivity contribution is 6.30. The molecule has 126 valence electrons. The SMILES string of the molecule is C[C@H](NC(=O)COC(=O)c1ccc(O)cc1O)c1cccc(Cl)c1. The van der Waals surface area contributed by atoms with Gasteiger partial charge in [0.1, 0.15) is 17.1 Å². The molecule has 0 unspecified atom stereocenters. The fourth-order valence-corrected chi connectivity index (χ4v) is 2.24. The number of aromatic hydroxyl groups is 2. The molecular formula is C17H16ClNO5. The summed E-state index contributed by atoms with van der Waals surface area (Å²) in [5.41, 5.74) is 0.682. The highest BCUT2D eigenvalue weighted by atomic mass is 35.5. The molecule has 1 atom stereocenters. The van der Waals surface area contributed by atoms with Gasteiger partial charge in [0.15, 0.2) is 6.61 Å². The zero-order valence-corrected chi connectivity index (χ0v) is 13.6. The lowest BCUT2D eigenvalue weighted by molar-refractivity contribution is -0.124. The van der Waals surface area contributed by atoms with Gasteiger partial charge >= 0.3 is 5.97 Å². The number of esters is 1. The standard InChI is InChI=1S/C17H16ClNO5/c1-10(11-3-2-4-12(18)7-11)19-16(22)9-24-17(23)14-6-5-13(20)8-15(14)21/h2-8,10,20-21H,9H2,1H3,(H,19,22)/t10-/m0/s1. The fraction of sp³-hybridized carbons (Fsp3) is 0.176. The Bertz CT molecular complexity index is 762. The number of benzene rings is 2.